The van der Waals surface area contributed by atoms with E-state index in [0.29, 0.717) is 0 Å². The van der Waals surface area contributed by atoms with Gasteiger partial charge >= 0.3 is 0 Å². The van der Waals surface area contributed by atoms with Crippen LogP contribution in [-0.2, 0) is 0 Å². The maximum absolute atomic E-state index is 9.94. The number of benzene rings is 1. The van der Waals surface area contributed by atoms with Crippen LogP contribution in [0.15, 0.2) is 30.3 Å². The number of hydrogen-bond donors (Lipinski definition) is 1. The molecule has 2 rings (SSSR count). The van der Waals surface area contributed by atoms with Crippen molar-refractivity contribution in [2.75, 3.05) is 13.6 Å². The smallest absolute Gasteiger partial charge is 0.0802 e. The van der Waals surface area contributed by atoms with Crippen LogP contribution in [0.5, 0.6) is 0 Å². The molecule has 1 aliphatic rings. The number of aliphatic hydroxyl groups excluding tert-OH is 1. The molecule has 82 valence electrons. The molecule has 0 aliphatic heterocycles. The SMILES string of the molecule is CN(CCC(O)c1ccccc1)C1CC1. The van der Waals surface area contributed by atoms with Gasteiger partial charge in [0, 0.05) is 12.6 Å². The Hall–Kier alpha value is -0.860. The second kappa shape index (κ2) is 4.77. The zero-order chi connectivity index (χ0) is 10.7. The largest absolute Gasteiger partial charge is 0.388 e. The fourth-order valence-electron chi connectivity index (χ4n) is 1.87. The zero-order valence-corrected chi connectivity index (χ0v) is 9.26. The number of aliphatic hydroxyl groups is 1. The van der Waals surface area contributed by atoms with Gasteiger partial charge in [0.1, 0.15) is 0 Å². The molecule has 0 heterocycles. The Bertz CT molecular complexity index is 295. The predicted molar refractivity (Wildman–Crippen MR) is 61.7 cm³/mol. The van der Waals surface area contributed by atoms with Gasteiger partial charge < -0.3 is 10.0 Å². The van der Waals surface area contributed by atoms with E-state index >= 15 is 0 Å². The monoisotopic (exact) mass is 205 g/mol. The second-order valence-electron chi connectivity index (χ2n) is 4.43. The second-order valence-corrected chi connectivity index (χ2v) is 4.43. The molecule has 0 spiro atoms. The summed E-state index contributed by atoms with van der Waals surface area (Å²) in [5, 5.41) is 9.94. The summed E-state index contributed by atoms with van der Waals surface area (Å²) in [5.74, 6) is 0. The average Bonchev–Trinajstić information content (AvgIpc) is 3.10. The van der Waals surface area contributed by atoms with Gasteiger partial charge in [-0.1, -0.05) is 30.3 Å². The molecule has 1 atom stereocenters. The van der Waals surface area contributed by atoms with Crippen LogP contribution in [0.25, 0.3) is 0 Å². The molecule has 0 amide bonds. The van der Waals surface area contributed by atoms with Gasteiger partial charge in [-0.15, -0.1) is 0 Å². The minimum atomic E-state index is -0.313. The van der Waals surface area contributed by atoms with E-state index in [9.17, 15) is 5.11 Å². The van der Waals surface area contributed by atoms with E-state index in [4.69, 9.17) is 0 Å². The van der Waals surface area contributed by atoms with Gasteiger partial charge in [-0.3, -0.25) is 0 Å². The lowest BCUT2D eigenvalue weighted by molar-refractivity contribution is 0.147. The van der Waals surface area contributed by atoms with Crippen LogP contribution in [0.2, 0.25) is 0 Å². The van der Waals surface area contributed by atoms with E-state index in [1.54, 1.807) is 0 Å². The minimum absolute atomic E-state index is 0.313. The Morgan fingerprint density at radius 2 is 2.00 bits per heavy atom. The summed E-state index contributed by atoms with van der Waals surface area (Å²) in [7, 11) is 2.15. The highest BCUT2D eigenvalue weighted by molar-refractivity contribution is 5.17. The lowest BCUT2D eigenvalue weighted by Gasteiger charge is -2.18. The van der Waals surface area contributed by atoms with E-state index in [0.717, 1.165) is 24.6 Å². The molecule has 15 heavy (non-hydrogen) atoms. The van der Waals surface area contributed by atoms with Gasteiger partial charge in [0.2, 0.25) is 0 Å². The summed E-state index contributed by atoms with van der Waals surface area (Å²) in [6.45, 7) is 0.987. The Kier molecular flexibility index (Phi) is 3.39. The summed E-state index contributed by atoms with van der Waals surface area (Å²) in [5.41, 5.74) is 1.03. The molecule has 1 aromatic carbocycles. The topological polar surface area (TPSA) is 23.5 Å². The van der Waals surface area contributed by atoms with Crippen molar-refractivity contribution >= 4 is 0 Å². The van der Waals surface area contributed by atoms with Crippen molar-refractivity contribution in [3.63, 3.8) is 0 Å². The van der Waals surface area contributed by atoms with Crippen LogP contribution >= 0.6 is 0 Å². The fourth-order valence-corrected chi connectivity index (χ4v) is 1.87. The molecule has 0 radical (unpaired) electrons. The molecule has 2 nitrogen and oxygen atoms in total. The Morgan fingerprint density at radius 3 is 2.60 bits per heavy atom. The summed E-state index contributed by atoms with van der Waals surface area (Å²) in [6, 6.07) is 10.7. The molecule has 1 saturated carbocycles. The molecular formula is C13H19NO. The van der Waals surface area contributed by atoms with Crippen LogP contribution in [-0.4, -0.2) is 29.6 Å². The third-order valence-electron chi connectivity index (χ3n) is 3.11. The molecule has 1 N–H and O–H groups in total. The van der Waals surface area contributed by atoms with Crippen LogP contribution in [0.4, 0.5) is 0 Å². The van der Waals surface area contributed by atoms with Crippen LogP contribution < -0.4 is 0 Å². The average molecular weight is 205 g/mol. The highest BCUT2D eigenvalue weighted by Gasteiger charge is 2.25. The fraction of sp³-hybridized carbons (Fsp3) is 0.538. The first-order valence-electron chi connectivity index (χ1n) is 5.70. The maximum atomic E-state index is 9.94. The molecule has 0 saturated heterocycles. The third-order valence-corrected chi connectivity index (χ3v) is 3.11. The van der Waals surface area contributed by atoms with Crippen molar-refractivity contribution in [3.05, 3.63) is 35.9 Å². The normalized spacial score (nSPS) is 18.1. The lowest BCUT2D eigenvalue weighted by atomic mass is 10.1. The molecular weight excluding hydrogens is 186 g/mol. The molecule has 1 aromatic rings. The molecule has 0 bridgehead atoms. The van der Waals surface area contributed by atoms with E-state index in [2.05, 4.69) is 11.9 Å². The van der Waals surface area contributed by atoms with Crippen LogP contribution in [0.3, 0.4) is 0 Å². The summed E-state index contributed by atoms with van der Waals surface area (Å²) >= 11 is 0. The minimum Gasteiger partial charge on any atom is -0.388 e. The molecule has 0 aromatic heterocycles. The van der Waals surface area contributed by atoms with Crippen molar-refractivity contribution in [2.24, 2.45) is 0 Å². The van der Waals surface area contributed by atoms with Crippen molar-refractivity contribution in [3.8, 4) is 0 Å². The molecule has 2 heteroatoms. The third kappa shape index (κ3) is 3.05. The van der Waals surface area contributed by atoms with E-state index < -0.39 is 0 Å². The summed E-state index contributed by atoms with van der Waals surface area (Å²) in [4.78, 5) is 2.35. The number of rotatable bonds is 5. The van der Waals surface area contributed by atoms with Gasteiger partial charge in [-0.2, -0.15) is 0 Å². The quantitative estimate of drug-likeness (QED) is 0.796. The highest BCUT2D eigenvalue weighted by atomic mass is 16.3. The molecule has 1 unspecified atom stereocenters. The first-order chi connectivity index (χ1) is 7.27. The van der Waals surface area contributed by atoms with Gasteiger partial charge in [0.25, 0.3) is 0 Å². The first-order valence-corrected chi connectivity index (χ1v) is 5.70. The first kappa shape index (κ1) is 10.7. The van der Waals surface area contributed by atoms with Crippen molar-refractivity contribution < 1.29 is 5.11 Å². The highest BCUT2D eigenvalue weighted by Crippen LogP contribution is 2.26. The lowest BCUT2D eigenvalue weighted by Crippen LogP contribution is -2.23. The number of nitrogens with zero attached hydrogens (tertiary/aromatic N) is 1. The molecule has 1 fully saturated rings. The van der Waals surface area contributed by atoms with Crippen molar-refractivity contribution in [1.82, 2.24) is 4.90 Å². The van der Waals surface area contributed by atoms with Gasteiger partial charge in [0.15, 0.2) is 0 Å². The standard InChI is InChI=1S/C13H19NO/c1-14(12-7-8-12)10-9-13(15)11-5-3-2-4-6-11/h2-6,12-13,15H,7-10H2,1H3. The Labute approximate surface area is 91.5 Å². The van der Waals surface area contributed by atoms with Gasteiger partial charge in [0.05, 0.1) is 6.10 Å². The maximum Gasteiger partial charge on any atom is 0.0802 e. The van der Waals surface area contributed by atoms with Crippen molar-refractivity contribution in [2.45, 2.75) is 31.4 Å². The summed E-state index contributed by atoms with van der Waals surface area (Å²) < 4.78 is 0. The molecule has 1 aliphatic carbocycles. The van der Waals surface area contributed by atoms with Crippen molar-refractivity contribution in [1.29, 1.82) is 0 Å². The zero-order valence-electron chi connectivity index (χ0n) is 9.26. The van der Waals surface area contributed by atoms with E-state index in [-0.39, 0.29) is 6.10 Å². The van der Waals surface area contributed by atoms with Crippen LogP contribution in [0.1, 0.15) is 30.9 Å². The van der Waals surface area contributed by atoms with Gasteiger partial charge in [-0.25, -0.2) is 0 Å². The van der Waals surface area contributed by atoms with Crippen LogP contribution in [0, 0.1) is 0 Å². The Balaban J connectivity index is 1.79. The Morgan fingerprint density at radius 1 is 1.33 bits per heavy atom. The number of hydrogen-bond acceptors (Lipinski definition) is 2. The van der Waals surface area contributed by atoms with E-state index in [1.165, 1.54) is 12.8 Å². The van der Waals surface area contributed by atoms with Gasteiger partial charge in [-0.05, 0) is 31.9 Å². The van der Waals surface area contributed by atoms with E-state index in [1.807, 2.05) is 30.3 Å². The summed E-state index contributed by atoms with van der Waals surface area (Å²) in [6.07, 6.45) is 3.18. The predicted octanol–water partition coefficient (Wildman–Crippen LogP) is 2.20.